The van der Waals surface area contributed by atoms with Gasteiger partial charge >= 0.3 is 0 Å². The number of para-hydroxylation sites is 1. The van der Waals surface area contributed by atoms with Crippen molar-refractivity contribution in [2.75, 3.05) is 12.4 Å². The molecule has 0 aliphatic rings. The molecule has 0 radical (unpaired) electrons. The molecule has 18 heavy (non-hydrogen) atoms. The summed E-state index contributed by atoms with van der Waals surface area (Å²) in [5, 5.41) is 2.84. The lowest BCUT2D eigenvalue weighted by Gasteiger charge is -2.05. The minimum absolute atomic E-state index is 0.106. The summed E-state index contributed by atoms with van der Waals surface area (Å²) >= 11 is 0. The third-order valence-electron chi connectivity index (χ3n) is 2.56. The first kappa shape index (κ1) is 12.3. The van der Waals surface area contributed by atoms with Crippen molar-refractivity contribution in [2.24, 2.45) is 0 Å². The van der Waals surface area contributed by atoms with Crippen LogP contribution in [0.4, 0.5) is 5.69 Å². The van der Waals surface area contributed by atoms with Crippen molar-refractivity contribution < 1.29 is 9.53 Å². The lowest BCUT2D eigenvalue weighted by molar-refractivity contribution is 0.102. The molecule has 0 atom stereocenters. The van der Waals surface area contributed by atoms with Crippen LogP contribution in [0.15, 0.2) is 54.6 Å². The molecule has 0 unspecified atom stereocenters. The minimum atomic E-state index is -0.106. The average molecular weight is 241 g/mol. The maximum Gasteiger partial charge on any atom is 0.255 e. The van der Waals surface area contributed by atoms with Crippen LogP contribution in [0.3, 0.4) is 0 Å². The molecule has 0 spiro atoms. The molecule has 0 aliphatic heterocycles. The highest BCUT2D eigenvalue weighted by atomic mass is 16.5. The van der Waals surface area contributed by atoms with Gasteiger partial charge < -0.3 is 10.1 Å². The zero-order valence-corrected chi connectivity index (χ0v) is 10.2. The summed E-state index contributed by atoms with van der Waals surface area (Å²) in [6.45, 7) is 0.556. The van der Waals surface area contributed by atoms with E-state index in [0.717, 1.165) is 11.3 Å². The first-order chi connectivity index (χ1) is 8.79. The van der Waals surface area contributed by atoms with Crippen LogP contribution < -0.4 is 5.32 Å². The molecule has 92 valence electrons. The smallest absolute Gasteiger partial charge is 0.255 e. The number of hydrogen-bond donors (Lipinski definition) is 1. The van der Waals surface area contributed by atoms with Crippen molar-refractivity contribution in [1.29, 1.82) is 0 Å². The van der Waals surface area contributed by atoms with Crippen molar-refractivity contribution in [3.63, 3.8) is 0 Å². The third-order valence-corrected chi connectivity index (χ3v) is 2.56. The Bertz CT molecular complexity index is 506. The number of nitrogens with one attached hydrogen (secondary N) is 1. The highest BCUT2D eigenvalue weighted by Crippen LogP contribution is 2.10. The van der Waals surface area contributed by atoms with Crippen LogP contribution in [0.1, 0.15) is 15.9 Å². The molecule has 0 heterocycles. The number of hydrogen-bond acceptors (Lipinski definition) is 2. The number of ether oxygens (including phenoxy) is 1. The highest BCUT2D eigenvalue weighted by Gasteiger charge is 2.05. The monoisotopic (exact) mass is 241 g/mol. The number of methoxy groups -OCH3 is 1. The Morgan fingerprint density at radius 1 is 1.06 bits per heavy atom. The van der Waals surface area contributed by atoms with Crippen LogP contribution in [0, 0.1) is 0 Å². The number of carbonyl (C=O) groups is 1. The van der Waals surface area contributed by atoms with Gasteiger partial charge in [-0.1, -0.05) is 30.3 Å². The maximum atomic E-state index is 11.9. The summed E-state index contributed by atoms with van der Waals surface area (Å²) in [7, 11) is 1.65. The van der Waals surface area contributed by atoms with E-state index in [0.29, 0.717) is 12.2 Å². The molecule has 1 N–H and O–H groups in total. The van der Waals surface area contributed by atoms with Gasteiger partial charge in [-0.15, -0.1) is 0 Å². The minimum Gasteiger partial charge on any atom is -0.380 e. The van der Waals surface area contributed by atoms with Gasteiger partial charge in [-0.2, -0.15) is 0 Å². The molecule has 3 nitrogen and oxygen atoms in total. The second-order valence-corrected chi connectivity index (χ2v) is 3.95. The van der Waals surface area contributed by atoms with E-state index in [4.69, 9.17) is 4.74 Å². The molecule has 0 saturated carbocycles. The zero-order valence-electron chi connectivity index (χ0n) is 10.2. The summed E-state index contributed by atoms with van der Waals surface area (Å²) in [5.41, 5.74) is 2.48. The van der Waals surface area contributed by atoms with Gasteiger partial charge in [0.2, 0.25) is 0 Å². The fraction of sp³-hybridized carbons (Fsp3) is 0.133. The van der Waals surface area contributed by atoms with E-state index in [2.05, 4.69) is 5.32 Å². The molecule has 2 aromatic rings. The predicted octanol–water partition coefficient (Wildman–Crippen LogP) is 3.09. The van der Waals surface area contributed by atoms with Crippen molar-refractivity contribution in [3.8, 4) is 0 Å². The Balaban J connectivity index is 2.05. The van der Waals surface area contributed by atoms with E-state index in [1.54, 1.807) is 19.2 Å². The molecule has 0 saturated heterocycles. The number of amides is 1. The maximum absolute atomic E-state index is 11.9. The van der Waals surface area contributed by atoms with Gasteiger partial charge in [-0.25, -0.2) is 0 Å². The Morgan fingerprint density at radius 2 is 1.72 bits per heavy atom. The Morgan fingerprint density at radius 3 is 2.33 bits per heavy atom. The van der Waals surface area contributed by atoms with Crippen LogP contribution in [0.2, 0.25) is 0 Å². The second kappa shape index (κ2) is 5.98. The quantitative estimate of drug-likeness (QED) is 0.893. The van der Waals surface area contributed by atoms with Crippen LogP contribution in [-0.4, -0.2) is 13.0 Å². The van der Waals surface area contributed by atoms with Gasteiger partial charge in [0, 0.05) is 18.4 Å². The second-order valence-electron chi connectivity index (χ2n) is 3.95. The van der Waals surface area contributed by atoms with E-state index in [-0.39, 0.29) is 5.91 Å². The molecular formula is C15H15NO2. The fourth-order valence-electron chi connectivity index (χ4n) is 1.64. The third kappa shape index (κ3) is 3.18. The zero-order chi connectivity index (χ0) is 12.8. The number of carbonyl (C=O) groups excluding carboxylic acids is 1. The van der Waals surface area contributed by atoms with Crippen LogP contribution >= 0.6 is 0 Å². The fourth-order valence-corrected chi connectivity index (χ4v) is 1.64. The van der Waals surface area contributed by atoms with E-state index in [1.807, 2.05) is 42.5 Å². The first-order valence-corrected chi connectivity index (χ1v) is 5.74. The van der Waals surface area contributed by atoms with Gasteiger partial charge in [0.25, 0.3) is 5.91 Å². The van der Waals surface area contributed by atoms with Crippen LogP contribution in [0.25, 0.3) is 0 Å². The predicted molar refractivity (Wildman–Crippen MR) is 71.6 cm³/mol. The van der Waals surface area contributed by atoms with Crippen molar-refractivity contribution in [1.82, 2.24) is 0 Å². The molecular weight excluding hydrogens is 226 g/mol. The molecule has 3 heteroatoms. The van der Waals surface area contributed by atoms with Gasteiger partial charge in [0.05, 0.1) is 6.61 Å². The molecule has 0 bridgehead atoms. The highest BCUT2D eigenvalue weighted by molar-refractivity contribution is 6.04. The molecule has 2 rings (SSSR count). The average Bonchev–Trinajstić information content (AvgIpc) is 2.41. The normalized spacial score (nSPS) is 10.1. The number of rotatable bonds is 4. The Kier molecular flexibility index (Phi) is 4.10. The van der Waals surface area contributed by atoms with Crippen LogP contribution in [-0.2, 0) is 11.3 Å². The Labute approximate surface area is 106 Å². The summed E-state index contributed by atoms with van der Waals surface area (Å²) in [4.78, 5) is 11.9. The van der Waals surface area contributed by atoms with Crippen molar-refractivity contribution in [3.05, 3.63) is 65.7 Å². The van der Waals surface area contributed by atoms with E-state index in [1.165, 1.54) is 0 Å². The molecule has 0 fully saturated rings. The Hall–Kier alpha value is -2.13. The van der Waals surface area contributed by atoms with E-state index >= 15 is 0 Å². The molecule has 0 aromatic heterocycles. The largest absolute Gasteiger partial charge is 0.380 e. The SMILES string of the molecule is COCc1ccc(C(=O)Nc2ccccc2)cc1. The topological polar surface area (TPSA) is 38.3 Å². The van der Waals surface area contributed by atoms with Crippen molar-refractivity contribution in [2.45, 2.75) is 6.61 Å². The summed E-state index contributed by atoms with van der Waals surface area (Å²) in [6, 6.07) is 16.8. The first-order valence-electron chi connectivity index (χ1n) is 5.74. The molecule has 1 amide bonds. The van der Waals surface area contributed by atoms with Crippen molar-refractivity contribution >= 4 is 11.6 Å². The van der Waals surface area contributed by atoms with E-state index < -0.39 is 0 Å². The lowest BCUT2D eigenvalue weighted by atomic mass is 10.1. The summed E-state index contributed by atoms with van der Waals surface area (Å²) < 4.78 is 5.02. The van der Waals surface area contributed by atoms with Gasteiger partial charge in [-0.05, 0) is 29.8 Å². The summed E-state index contributed by atoms with van der Waals surface area (Å²) in [5.74, 6) is -0.106. The van der Waals surface area contributed by atoms with E-state index in [9.17, 15) is 4.79 Å². The molecule has 2 aromatic carbocycles. The lowest BCUT2D eigenvalue weighted by Crippen LogP contribution is -2.11. The summed E-state index contributed by atoms with van der Waals surface area (Å²) in [6.07, 6.45) is 0. The standard InChI is InChI=1S/C15H15NO2/c1-18-11-12-7-9-13(10-8-12)15(17)16-14-5-3-2-4-6-14/h2-10H,11H2,1H3,(H,16,17). The van der Waals surface area contributed by atoms with Gasteiger partial charge in [0.1, 0.15) is 0 Å². The van der Waals surface area contributed by atoms with Gasteiger partial charge in [0.15, 0.2) is 0 Å². The number of anilines is 1. The van der Waals surface area contributed by atoms with Crippen LogP contribution in [0.5, 0.6) is 0 Å². The number of benzene rings is 2. The van der Waals surface area contributed by atoms with Gasteiger partial charge in [-0.3, -0.25) is 4.79 Å². The molecule has 0 aliphatic carbocycles.